The lowest BCUT2D eigenvalue weighted by Gasteiger charge is -2.18. The van der Waals surface area contributed by atoms with Crippen LogP contribution < -0.4 is 14.8 Å². The fourth-order valence-electron chi connectivity index (χ4n) is 2.57. The SMILES string of the molecule is O=C(O)CCNC(=O)C1CC1c1ccc2c(c1)OCCO2. The lowest BCUT2D eigenvalue weighted by molar-refractivity contribution is -0.136. The molecule has 2 aliphatic rings. The predicted octanol–water partition coefficient (Wildman–Crippen LogP) is 1.15. The summed E-state index contributed by atoms with van der Waals surface area (Å²) in [6.45, 7) is 1.28. The van der Waals surface area contributed by atoms with Crippen molar-refractivity contribution in [3.63, 3.8) is 0 Å². The Hall–Kier alpha value is -2.24. The van der Waals surface area contributed by atoms with Crippen molar-refractivity contribution in [2.24, 2.45) is 5.92 Å². The number of carbonyl (C=O) groups is 2. The molecule has 2 unspecified atom stereocenters. The maximum Gasteiger partial charge on any atom is 0.305 e. The summed E-state index contributed by atoms with van der Waals surface area (Å²) >= 11 is 0. The number of aliphatic carboxylic acids is 1. The molecule has 0 spiro atoms. The highest BCUT2D eigenvalue weighted by molar-refractivity contribution is 5.83. The van der Waals surface area contributed by atoms with Crippen LogP contribution in [-0.2, 0) is 9.59 Å². The number of hydrogen-bond acceptors (Lipinski definition) is 4. The molecule has 1 heterocycles. The van der Waals surface area contributed by atoms with Crippen molar-refractivity contribution >= 4 is 11.9 Å². The number of fused-ring (bicyclic) bond motifs is 1. The van der Waals surface area contributed by atoms with Crippen LogP contribution in [0.3, 0.4) is 0 Å². The zero-order chi connectivity index (χ0) is 14.8. The van der Waals surface area contributed by atoms with Gasteiger partial charge in [-0.1, -0.05) is 6.07 Å². The Morgan fingerprint density at radius 3 is 2.76 bits per heavy atom. The van der Waals surface area contributed by atoms with Crippen molar-refractivity contribution in [3.05, 3.63) is 23.8 Å². The molecule has 1 aliphatic heterocycles. The molecule has 1 aromatic rings. The van der Waals surface area contributed by atoms with E-state index >= 15 is 0 Å². The van der Waals surface area contributed by atoms with Gasteiger partial charge in [-0.15, -0.1) is 0 Å². The maximum absolute atomic E-state index is 11.9. The molecule has 1 aromatic carbocycles. The molecule has 1 amide bonds. The molecule has 21 heavy (non-hydrogen) atoms. The van der Waals surface area contributed by atoms with E-state index in [1.54, 1.807) is 0 Å². The van der Waals surface area contributed by atoms with Crippen LogP contribution in [0.15, 0.2) is 18.2 Å². The number of amides is 1. The Morgan fingerprint density at radius 2 is 2.00 bits per heavy atom. The van der Waals surface area contributed by atoms with Gasteiger partial charge in [-0.2, -0.15) is 0 Å². The van der Waals surface area contributed by atoms with Crippen LogP contribution in [0.2, 0.25) is 0 Å². The van der Waals surface area contributed by atoms with E-state index in [1.165, 1.54) is 0 Å². The zero-order valence-electron chi connectivity index (χ0n) is 11.5. The molecule has 0 radical (unpaired) electrons. The fourth-order valence-corrected chi connectivity index (χ4v) is 2.57. The number of carbonyl (C=O) groups excluding carboxylic acids is 1. The van der Waals surface area contributed by atoms with E-state index in [0.717, 1.165) is 23.5 Å². The third-order valence-electron chi connectivity index (χ3n) is 3.76. The molecule has 6 nitrogen and oxygen atoms in total. The zero-order valence-corrected chi connectivity index (χ0v) is 11.5. The number of carboxylic acids is 1. The molecule has 3 rings (SSSR count). The van der Waals surface area contributed by atoms with Crippen LogP contribution in [0.5, 0.6) is 11.5 Å². The molecule has 6 heteroatoms. The van der Waals surface area contributed by atoms with Gasteiger partial charge in [0.05, 0.1) is 6.42 Å². The van der Waals surface area contributed by atoms with E-state index in [9.17, 15) is 9.59 Å². The van der Waals surface area contributed by atoms with E-state index in [0.29, 0.717) is 13.2 Å². The van der Waals surface area contributed by atoms with Crippen molar-refractivity contribution in [2.75, 3.05) is 19.8 Å². The Labute approximate surface area is 122 Å². The largest absolute Gasteiger partial charge is 0.486 e. The second-order valence-electron chi connectivity index (χ2n) is 5.29. The van der Waals surface area contributed by atoms with Gasteiger partial charge in [0, 0.05) is 12.5 Å². The molecule has 2 atom stereocenters. The molecule has 0 saturated heterocycles. The standard InChI is InChI=1S/C15H17NO5/c17-14(18)3-4-16-15(19)11-8-10(11)9-1-2-12-13(7-9)21-6-5-20-12/h1-2,7,10-11H,3-6,8H2,(H,16,19)(H,17,18). The number of carboxylic acid groups (broad SMARTS) is 1. The van der Waals surface area contributed by atoms with Gasteiger partial charge >= 0.3 is 5.97 Å². The number of nitrogens with one attached hydrogen (secondary N) is 1. The average Bonchev–Trinajstić information content (AvgIpc) is 3.27. The number of ether oxygens (including phenoxy) is 2. The summed E-state index contributed by atoms with van der Waals surface area (Å²) in [6, 6.07) is 5.77. The van der Waals surface area contributed by atoms with Gasteiger partial charge in [0.2, 0.25) is 5.91 Å². The molecule has 1 saturated carbocycles. The summed E-state index contributed by atoms with van der Waals surface area (Å²) in [7, 11) is 0. The lowest BCUT2D eigenvalue weighted by atomic mass is 10.1. The highest BCUT2D eigenvalue weighted by atomic mass is 16.6. The van der Waals surface area contributed by atoms with Crippen LogP contribution in [0.4, 0.5) is 0 Å². The summed E-state index contributed by atoms with van der Waals surface area (Å²) in [6.07, 6.45) is 0.742. The van der Waals surface area contributed by atoms with Crippen molar-refractivity contribution in [1.82, 2.24) is 5.32 Å². The Bertz CT molecular complexity index is 571. The Balaban J connectivity index is 1.57. The van der Waals surface area contributed by atoms with E-state index in [2.05, 4.69) is 5.32 Å². The van der Waals surface area contributed by atoms with E-state index in [-0.39, 0.29) is 30.7 Å². The first-order valence-corrected chi connectivity index (χ1v) is 7.04. The molecule has 112 valence electrons. The van der Waals surface area contributed by atoms with Gasteiger partial charge in [-0.25, -0.2) is 0 Å². The molecule has 1 aliphatic carbocycles. The Kier molecular flexibility index (Phi) is 3.68. The van der Waals surface area contributed by atoms with Crippen molar-refractivity contribution in [1.29, 1.82) is 0 Å². The van der Waals surface area contributed by atoms with Gasteiger partial charge in [0.1, 0.15) is 13.2 Å². The number of hydrogen-bond donors (Lipinski definition) is 2. The van der Waals surface area contributed by atoms with Gasteiger partial charge in [0.25, 0.3) is 0 Å². The first-order valence-electron chi connectivity index (χ1n) is 7.04. The van der Waals surface area contributed by atoms with E-state index in [1.807, 2.05) is 18.2 Å². The summed E-state index contributed by atoms with van der Waals surface area (Å²) in [4.78, 5) is 22.3. The molecule has 2 N–H and O–H groups in total. The van der Waals surface area contributed by atoms with Gasteiger partial charge < -0.3 is 19.9 Å². The lowest BCUT2D eigenvalue weighted by Crippen LogP contribution is -2.27. The molecular weight excluding hydrogens is 274 g/mol. The normalized spacial score (nSPS) is 22.5. The number of rotatable bonds is 5. The van der Waals surface area contributed by atoms with Gasteiger partial charge in [-0.3, -0.25) is 9.59 Å². The van der Waals surface area contributed by atoms with Crippen molar-refractivity contribution in [3.8, 4) is 11.5 Å². The summed E-state index contributed by atoms with van der Waals surface area (Å²) in [5.41, 5.74) is 1.07. The third kappa shape index (κ3) is 3.09. The highest BCUT2D eigenvalue weighted by Gasteiger charge is 2.44. The average molecular weight is 291 g/mol. The maximum atomic E-state index is 11.9. The minimum Gasteiger partial charge on any atom is -0.486 e. The molecule has 0 aromatic heterocycles. The molecular formula is C15H17NO5. The number of benzene rings is 1. The smallest absolute Gasteiger partial charge is 0.305 e. The van der Waals surface area contributed by atoms with E-state index < -0.39 is 5.97 Å². The van der Waals surface area contributed by atoms with Crippen LogP contribution in [0, 0.1) is 5.92 Å². The topological polar surface area (TPSA) is 84.9 Å². The summed E-state index contributed by atoms with van der Waals surface area (Å²) in [5.74, 6) is 0.612. The minimum absolute atomic E-state index is 0.0485. The van der Waals surface area contributed by atoms with E-state index in [4.69, 9.17) is 14.6 Å². The molecule has 1 fully saturated rings. The van der Waals surface area contributed by atoms with Crippen molar-refractivity contribution < 1.29 is 24.2 Å². The van der Waals surface area contributed by atoms with Crippen LogP contribution >= 0.6 is 0 Å². The minimum atomic E-state index is -0.908. The second kappa shape index (κ2) is 5.63. The third-order valence-corrected chi connectivity index (χ3v) is 3.76. The second-order valence-corrected chi connectivity index (χ2v) is 5.29. The van der Waals surface area contributed by atoms with Gasteiger partial charge in [0.15, 0.2) is 11.5 Å². The first-order chi connectivity index (χ1) is 10.1. The fraction of sp³-hybridized carbons (Fsp3) is 0.467. The van der Waals surface area contributed by atoms with Crippen LogP contribution in [-0.4, -0.2) is 36.7 Å². The predicted molar refractivity (Wildman–Crippen MR) is 73.5 cm³/mol. The van der Waals surface area contributed by atoms with Crippen LogP contribution in [0.25, 0.3) is 0 Å². The van der Waals surface area contributed by atoms with Crippen molar-refractivity contribution in [2.45, 2.75) is 18.8 Å². The monoisotopic (exact) mass is 291 g/mol. The quantitative estimate of drug-likeness (QED) is 0.850. The van der Waals surface area contributed by atoms with Gasteiger partial charge in [-0.05, 0) is 30.0 Å². The molecule has 0 bridgehead atoms. The Morgan fingerprint density at radius 1 is 1.24 bits per heavy atom. The van der Waals surface area contributed by atoms with Crippen LogP contribution in [0.1, 0.15) is 24.3 Å². The summed E-state index contributed by atoms with van der Waals surface area (Å²) < 4.78 is 11.0. The first kappa shape index (κ1) is 13.7. The highest BCUT2D eigenvalue weighted by Crippen LogP contribution is 2.49. The summed E-state index contributed by atoms with van der Waals surface area (Å²) in [5, 5.41) is 11.2.